The molecule has 16 rings (SSSR count). The van der Waals surface area contributed by atoms with E-state index in [0.29, 0.717) is 0 Å². The van der Waals surface area contributed by atoms with E-state index in [1.807, 2.05) is 0 Å². The smallest absolute Gasteiger partial charge is 0.358 e. The van der Waals surface area contributed by atoms with Gasteiger partial charge >= 0.3 is 65.4 Å². The molecule has 4 aromatic rings. The fourth-order valence-corrected chi connectivity index (χ4v) is 27.5. The van der Waals surface area contributed by atoms with Crippen LogP contribution in [-0.4, -0.2) is 0 Å². The number of hydrogen-bond donors (Lipinski definition) is 0. The maximum absolute atomic E-state index is 3.25. The van der Waals surface area contributed by atoms with Crippen molar-refractivity contribution in [2.75, 3.05) is 0 Å². The molecule has 0 nitrogen and oxygen atoms in total. The van der Waals surface area contributed by atoms with E-state index in [0.717, 1.165) is 173 Å². The van der Waals surface area contributed by atoms with Crippen LogP contribution < -0.4 is 0 Å². The molecule has 111 heavy (non-hydrogen) atoms. The third kappa shape index (κ3) is 27.2. The maximum atomic E-state index is 3.25. The predicted octanol–water partition coefficient (Wildman–Crippen LogP) is 33.9. The molecule has 11 saturated carbocycles. The van der Waals surface area contributed by atoms with E-state index in [-0.39, 0.29) is 103 Å². The van der Waals surface area contributed by atoms with Crippen LogP contribution in [0.4, 0.5) is 0 Å². The van der Waals surface area contributed by atoms with Crippen LogP contribution in [0.25, 0.3) is 10.8 Å². The zero-order chi connectivity index (χ0) is 75.6. The zero-order valence-electron chi connectivity index (χ0n) is 79.2. The summed E-state index contributed by atoms with van der Waals surface area (Å²) in [5.74, 6) is 28.2. The van der Waals surface area contributed by atoms with E-state index in [1.165, 1.54) is 197 Å². The molecule has 0 saturated heterocycles. The molecule has 27 atom stereocenters. The van der Waals surface area contributed by atoms with Gasteiger partial charge in [0.25, 0.3) is 0 Å². The third-order valence-electron chi connectivity index (χ3n) is 33.8. The molecule has 0 N–H and O–H groups in total. The number of fused-ring (bicyclic) bond motifs is 8. The van der Waals surface area contributed by atoms with Crippen molar-refractivity contribution >= 4 is 10.8 Å². The minimum Gasteiger partial charge on any atom is -0.358 e. The van der Waals surface area contributed by atoms with E-state index in [2.05, 4.69) is 226 Å². The van der Waals surface area contributed by atoms with Gasteiger partial charge in [0.15, 0.2) is 0 Å². The van der Waals surface area contributed by atoms with Crippen LogP contribution in [0.5, 0.6) is 0 Å². The van der Waals surface area contributed by atoms with Gasteiger partial charge in [-0.2, -0.15) is 6.92 Å². The molecule has 0 aliphatic heterocycles. The number of aryl methyl sites for hydroxylation is 6. The number of benzene rings is 4. The average Bonchev–Trinajstić information content (AvgIpc) is 1.53. The van der Waals surface area contributed by atoms with Crippen LogP contribution in [0.3, 0.4) is 0 Å². The monoisotopic (exact) mass is 1670 g/mol. The van der Waals surface area contributed by atoms with Gasteiger partial charge in [-0.05, 0) is 352 Å². The van der Waals surface area contributed by atoms with Crippen molar-refractivity contribution in [3.8, 4) is 0 Å². The van der Waals surface area contributed by atoms with Crippen molar-refractivity contribution in [3.63, 3.8) is 0 Å². The standard InChI is InChI=1S/C16H22.C15H26.C14H16.2C13H24.C12H22.C10H14.C9H18.C2H5.5CH3.2Y/c1-11-6-5-8-14-10-13-7-3-4-9-15(13)12(2)16(11)14;1-10-7-8-13-9-12-5-3-4-6-14(12)11(2)15(10)13;1-4-12-8-9-13-7-5-6-10(2)14(13)11(12)3;1-4-11-7-8-12-6-5-9(2)13(12)10(11)3;1-4-11-8-12-7-5-6-9(2)13(12)10(11)3;1-4-10-7-11-6-5-8(2)12(11)9(10)3;1-4-10-7-5-6-8(2)9(10)3;1-4-9-6-5-7(2)8(9)3;1-2;;;;;;;/h5-6,8,12-13,15H,3-4,7,9-10H2,1-2H3;10-15H,3-9H2,1-2H3;5-9H,4H2,1-3H3;2*9-13H,4-8H2,1-3H3;8-12H,4-7H2,1-3H3;5-7H,4H2,1-3H3;7-9H,4-6H2,1-3H3;1H2,2H3;5*1H3;;/q;;;;;;;;6*-1;2*+3/t12-,13-,15+;10?,11-,12-,13?,14+,15?;;;;;;;;;;;;;;/m00............../s1. The SMILES string of the molecule is CC1CCC2C[C@@H]3CCCC[C@@H]3[C@H](C)C12.CCC1CC2CCC(C)C2C1C.CCC1CC2CCCC(C)C2C1C.CCC1CCC(C)C1C.CCC1CCC2CCC(C)C2C1C.CCc1ccc2cccc(C)c2c1C.CCc1cccc(C)c1C.Cc1cccc2c1[C@@H](C)[C@H]1CCCC[C@H]1C2.[CH2-]C.[CH3-].[CH3-].[CH3-].[CH3-].[CH3-].[Y+3].[Y+3]. The minimum absolute atomic E-state index is 0. The average molecular weight is 1670 g/mol. The normalized spacial score (nSPS) is 35.5. The molecule has 0 bridgehead atoms. The van der Waals surface area contributed by atoms with Gasteiger partial charge in [0.05, 0.1) is 0 Å². The summed E-state index contributed by atoms with van der Waals surface area (Å²) < 4.78 is 0. The Kier molecular flexibility index (Phi) is 51.9. The summed E-state index contributed by atoms with van der Waals surface area (Å²) in [6, 6.07) is 24.4. The Morgan fingerprint density at radius 1 is 0.315 bits per heavy atom. The summed E-state index contributed by atoms with van der Waals surface area (Å²) in [5.41, 5.74) is 13.5. The summed E-state index contributed by atoms with van der Waals surface area (Å²) in [4.78, 5) is 0. The molecule has 0 spiro atoms. The molecule has 0 aromatic heterocycles. The molecular formula is C109H186Y2. The quantitative estimate of drug-likeness (QED) is 0.169. The third-order valence-corrected chi connectivity index (χ3v) is 33.8. The molecule has 11 fully saturated rings. The van der Waals surface area contributed by atoms with E-state index in [9.17, 15) is 0 Å². The van der Waals surface area contributed by atoms with Crippen molar-refractivity contribution in [2.24, 2.45) is 154 Å². The topological polar surface area (TPSA) is 0 Å². The van der Waals surface area contributed by atoms with Gasteiger partial charge in [-0.15, -0.1) is 0 Å². The first kappa shape index (κ1) is 108. The van der Waals surface area contributed by atoms with Crippen LogP contribution in [0.15, 0.2) is 66.7 Å². The Hall–Kier alpha value is -0.652. The van der Waals surface area contributed by atoms with Gasteiger partial charge < -0.3 is 44.1 Å². The van der Waals surface area contributed by atoms with Gasteiger partial charge in [0, 0.05) is 0 Å². The van der Waals surface area contributed by atoms with E-state index >= 15 is 0 Å². The molecular weight excluding hydrogens is 1490 g/mol. The Morgan fingerprint density at radius 3 is 1.24 bits per heavy atom. The molecule has 12 aliphatic rings. The van der Waals surface area contributed by atoms with Gasteiger partial charge in [-0.25, -0.2) is 0 Å². The first-order valence-electron chi connectivity index (χ1n) is 46.3. The van der Waals surface area contributed by atoms with E-state index in [4.69, 9.17) is 0 Å². The van der Waals surface area contributed by atoms with Crippen molar-refractivity contribution in [2.45, 2.75) is 364 Å². The fraction of sp³-hybridized carbons (Fsp3) is 0.743. The molecule has 0 radical (unpaired) electrons. The summed E-state index contributed by atoms with van der Waals surface area (Å²) >= 11 is 0. The second kappa shape index (κ2) is 53.2. The van der Waals surface area contributed by atoms with E-state index in [1.54, 1.807) is 56.6 Å². The summed E-state index contributed by atoms with van der Waals surface area (Å²) in [5, 5.41) is 2.80. The largest absolute Gasteiger partial charge is 3.00 e. The molecule has 0 amide bonds. The maximum Gasteiger partial charge on any atom is 3.00 e. The Labute approximate surface area is 748 Å². The van der Waals surface area contributed by atoms with Crippen molar-refractivity contribution in [1.82, 2.24) is 0 Å². The second-order valence-corrected chi connectivity index (χ2v) is 38.9. The summed E-state index contributed by atoms with van der Waals surface area (Å²) in [6.07, 6.45) is 45.7. The van der Waals surface area contributed by atoms with Gasteiger partial charge in [-0.1, -0.05) is 287 Å². The minimum atomic E-state index is 0. The van der Waals surface area contributed by atoms with Gasteiger partial charge in [0.2, 0.25) is 0 Å². The fourth-order valence-electron chi connectivity index (χ4n) is 27.5. The van der Waals surface area contributed by atoms with Crippen molar-refractivity contribution in [3.05, 3.63) is 161 Å². The van der Waals surface area contributed by atoms with Crippen LogP contribution in [0.2, 0.25) is 0 Å². The first-order chi connectivity index (χ1) is 50.0. The van der Waals surface area contributed by atoms with Crippen LogP contribution in [0, 0.1) is 233 Å². The van der Waals surface area contributed by atoms with Crippen LogP contribution in [0.1, 0.15) is 360 Å². The van der Waals surface area contributed by atoms with Crippen LogP contribution >= 0.6 is 0 Å². The predicted molar refractivity (Wildman–Crippen MR) is 494 cm³/mol. The Bertz CT molecular complexity index is 3110. The Morgan fingerprint density at radius 2 is 0.721 bits per heavy atom. The van der Waals surface area contributed by atoms with Crippen LogP contribution in [-0.2, 0) is 84.7 Å². The molecule has 628 valence electrons. The summed E-state index contributed by atoms with van der Waals surface area (Å²) in [6.45, 7) is 57.3. The van der Waals surface area contributed by atoms with Crippen molar-refractivity contribution in [1.29, 1.82) is 0 Å². The second-order valence-electron chi connectivity index (χ2n) is 38.9. The first-order valence-corrected chi connectivity index (χ1v) is 46.3. The van der Waals surface area contributed by atoms with E-state index < -0.39 is 0 Å². The number of hydrogen-bond acceptors (Lipinski definition) is 0. The van der Waals surface area contributed by atoms with Gasteiger partial charge in [0.1, 0.15) is 0 Å². The number of rotatable bonds is 6. The molecule has 21 unspecified atom stereocenters. The molecule has 2 heteroatoms. The Balaban J connectivity index is 0.000000630. The molecule has 0 heterocycles. The van der Waals surface area contributed by atoms with Gasteiger partial charge in [-0.3, -0.25) is 0 Å². The molecule has 12 aliphatic carbocycles. The zero-order valence-corrected chi connectivity index (χ0v) is 84.9. The molecule has 4 aromatic carbocycles. The summed E-state index contributed by atoms with van der Waals surface area (Å²) in [7, 11) is 0. The van der Waals surface area contributed by atoms with Crippen molar-refractivity contribution < 1.29 is 65.4 Å².